The predicted molar refractivity (Wildman–Crippen MR) is 187 cm³/mol. The van der Waals surface area contributed by atoms with Crippen molar-refractivity contribution in [1.29, 1.82) is 0 Å². The number of hydrogen-bond acceptors (Lipinski definition) is 8. The summed E-state index contributed by atoms with van der Waals surface area (Å²) in [7, 11) is -1.84. The summed E-state index contributed by atoms with van der Waals surface area (Å²) in [5.41, 5.74) is 3.81. The largest absolute Gasteiger partial charge is 0.493 e. The van der Waals surface area contributed by atoms with Crippen molar-refractivity contribution in [2.24, 2.45) is 7.05 Å². The van der Waals surface area contributed by atoms with E-state index >= 15 is 0 Å². The molecule has 0 aliphatic rings. The van der Waals surface area contributed by atoms with Gasteiger partial charge in [0.05, 0.1) is 17.3 Å². The fourth-order valence-corrected chi connectivity index (χ4v) is 7.60. The van der Waals surface area contributed by atoms with E-state index in [0.717, 1.165) is 33.8 Å². The standard InChI is InChI=1S/C35H40N4O6S2/c1-25-11-14-28(15-12-25)47(43,44)39-19-17-29-31(23-38(4)35(40)34(29)39)30-21-26(24-46(5,41)42)13-16-32(30)36-22-27-9-6-7-10-33(27)45-20-8-18-37(2)3/h6-7,9-17,19,21,23,36H,8,18,20,22,24H2,1-5H3. The highest BCUT2D eigenvalue weighted by Gasteiger charge is 2.24. The van der Waals surface area contributed by atoms with Crippen molar-refractivity contribution in [2.45, 2.75) is 30.5 Å². The Morgan fingerprint density at radius 3 is 2.34 bits per heavy atom. The molecule has 10 nitrogen and oxygen atoms in total. The second-order valence-electron chi connectivity index (χ2n) is 12.1. The van der Waals surface area contributed by atoms with Crippen LogP contribution in [-0.2, 0) is 39.2 Å². The molecular weight excluding hydrogens is 637 g/mol. The summed E-state index contributed by atoms with van der Waals surface area (Å²) in [6.07, 6.45) is 5.10. The highest BCUT2D eigenvalue weighted by Crippen LogP contribution is 2.36. The normalized spacial score (nSPS) is 12.1. The maximum Gasteiger partial charge on any atom is 0.275 e. The van der Waals surface area contributed by atoms with Crippen LogP contribution in [0.15, 0.2) is 94.9 Å². The molecule has 0 aliphatic heterocycles. The molecule has 0 spiro atoms. The highest BCUT2D eigenvalue weighted by atomic mass is 32.2. The molecule has 5 aromatic rings. The van der Waals surface area contributed by atoms with E-state index in [2.05, 4.69) is 10.2 Å². The summed E-state index contributed by atoms with van der Waals surface area (Å²) in [4.78, 5) is 15.7. The van der Waals surface area contributed by atoms with Crippen LogP contribution in [0.4, 0.5) is 5.69 Å². The number of pyridine rings is 1. The van der Waals surface area contributed by atoms with Gasteiger partial charge in [0.2, 0.25) is 0 Å². The summed E-state index contributed by atoms with van der Waals surface area (Å²) in [5, 5.41) is 3.91. The summed E-state index contributed by atoms with van der Waals surface area (Å²) in [5.74, 6) is 0.582. The van der Waals surface area contributed by atoms with Crippen LogP contribution >= 0.6 is 0 Å². The molecule has 0 aliphatic carbocycles. The third-order valence-electron chi connectivity index (χ3n) is 7.82. The summed E-state index contributed by atoms with van der Waals surface area (Å²) in [6.45, 7) is 3.75. The van der Waals surface area contributed by atoms with Crippen molar-refractivity contribution in [2.75, 3.05) is 38.8 Å². The average Bonchev–Trinajstić information content (AvgIpc) is 3.47. The maximum absolute atomic E-state index is 13.7. The Kier molecular flexibility index (Phi) is 9.94. The summed E-state index contributed by atoms with van der Waals surface area (Å²) < 4.78 is 60.5. The van der Waals surface area contributed by atoms with Gasteiger partial charge in [0, 0.05) is 66.6 Å². The van der Waals surface area contributed by atoms with E-state index in [1.54, 1.807) is 43.6 Å². The second kappa shape index (κ2) is 13.8. The number of ether oxygens (including phenoxy) is 1. The molecule has 3 aromatic carbocycles. The van der Waals surface area contributed by atoms with Crippen LogP contribution in [0.3, 0.4) is 0 Å². The first-order chi connectivity index (χ1) is 22.2. The van der Waals surface area contributed by atoms with Gasteiger partial charge in [0.1, 0.15) is 11.3 Å². The van der Waals surface area contributed by atoms with Gasteiger partial charge in [-0.05, 0) is 69.4 Å². The van der Waals surface area contributed by atoms with Gasteiger partial charge in [-0.1, -0.05) is 42.0 Å². The summed E-state index contributed by atoms with van der Waals surface area (Å²) in [6, 6.07) is 21.2. The first-order valence-corrected chi connectivity index (χ1v) is 18.7. The lowest BCUT2D eigenvalue weighted by molar-refractivity contribution is 0.279. The molecule has 1 N–H and O–H groups in total. The number of anilines is 1. The van der Waals surface area contributed by atoms with Crippen LogP contribution in [0.25, 0.3) is 22.0 Å². The SMILES string of the molecule is Cc1ccc(S(=O)(=O)n2ccc3c(-c4cc(CS(C)(=O)=O)ccc4NCc4ccccc4OCCCN(C)C)cn(C)c(=O)c32)cc1. The van der Waals surface area contributed by atoms with E-state index in [1.807, 2.05) is 51.4 Å². The van der Waals surface area contributed by atoms with Crippen LogP contribution in [0.2, 0.25) is 0 Å². The topological polar surface area (TPSA) is 120 Å². The first kappa shape index (κ1) is 34.0. The molecule has 0 saturated heterocycles. The summed E-state index contributed by atoms with van der Waals surface area (Å²) >= 11 is 0. The molecule has 0 amide bonds. The zero-order chi connectivity index (χ0) is 33.9. The average molecular weight is 677 g/mol. The maximum atomic E-state index is 13.7. The van der Waals surface area contributed by atoms with Crippen LogP contribution in [0, 0.1) is 6.92 Å². The second-order valence-corrected chi connectivity index (χ2v) is 16.0. The van der Waals surface area contributed by atoms with E-state index in [-0.39, 0.29) is 16.2 Å². The van der Waals surface area contributed by atoms with Crippen LogP contribution in [0.1, 0.15) is 23.1 Å². The van der Waals surface area contributed by atoms with Crippen LogP contribution < -0.4 is 15.6 Å². The molecule has 0 saturated carbocycles. The Bertz CT molecular complexity index is 2190. The number of nitrogens with zero attached hydrogens (tertiary/aromatic N) is 3. The molecule has 2 heterocycles. The van der Waals surface area contributed by atoms with E-state index in [0.29, 0.717) is 40.9 Å². The van der Waals surface area contributed by atoms with E-state index < -0.39 is 25.4 Å². The van der Waals surface area contributed by atoms with Crippen molar-refractivity contribution < 1.29 is 21.6 Å². The van der Waals surface area contributed by atoms with Gasteiger partial charge in [-0.15, -0.1) is 0 Å². The first-order valence-electron chi connectivity index (χ1n) is 15.2. The molecule has 12 heteroatoms. The third kappa shape index (κ3) is 7.78. The molecule has 5 rings (SSSR count). The number of sulfone groups is 1. The van der Waals surface area contributed by atoms with Gasteiger partial charge in [-0.25, -0.2) is 20.8 Å². The number of aromatic nitrogens is 2. The van der Waals surface area contributed by atoms with E-state index in [1.165, 1.54) is 29.2 Å². The molecule has 248 valence electrons. The number of para-hydroxylation sites is 1. The van der Waals surface area contributed by atoms with Gasteiger partial charge >= 0.3 is 0 Å². The molecule has 2 aromatic heterocycles. The Morgan fingerprint density at radius 1 is 0.915 bits per heavy atom. The number of rotatable bonds is 13. The van der Waals surface area contributed by atoms with E-state index in [9.17, 15) is 21.6 Å². The van der Waals surface area contributed by atoms with Crippen molar-refractivity contribution in [3.63, 3.8) is 0 Å². The number of benzene rings is 3. The lowest BCUT2D eigenvalue weighted by atomic mass is 9.99. The smallest absolute Gasteiger partial charge is 0.275 e. The molecule has 0 radical (unpaired) electrons. The highest BCUT2D eigenvalue weighted by molar-refractivity contribution is 7.90. The quantitative estimate of drug-likeness (QED) is 0.172. The minimum atomic E-state index is -4.09. The molecule has 0 unspecified atom stereocenters. The zero-order valence-electron chi connectivity index (χ0n) is 27.2. The lowest BCUT2D eigenvalue weighted by Crippen LogP contribution is -2.22. The van der Waals surface area contributed by atoms with Crippen molar-refractivity contribution in [3.05, 3.63) is 112 Å². The number of aryl methyl sites for hydroxylation is 2. The van der Waals surface area contributed by atoms with Gasteiger partial charge < -0.3 is 19.5 Å². The van der Waals surface area contributed by atoms with Gasteiger partial charge in [-0.3, -0.25) is 4.79 Å². The Labute approximate surface area is 276 Å². The Hall–Kier alpha value is -4.39. The Balaban J connectivity index is 1.59. The molecular formula is C35H40N4O6S2. The fraction of sp³-hybridized carbons (Fsp3) is 0.286. The molecule has 0 fully saturated rings. The fourth-order valence-electron chi connectivity index (χ4n) is 5.47. The van der Waals surface area contributed by atoms with Crippen molar-refractivity contribution in [1.82, 2.24) is 13.4 Å². The van der Waals surface area contributed by atoms with Gasteiger partial charge in [0.15, 0.2) is 9.84 Å². The lowest BCUT2D eigenvalue weighted by Gasteiger charge is -2.18. The van der Waals surface area contributed by atoms with E-state index in [4.69, 9.17) is 4.74 Å². The minimum Gasteiger partial charge on any atom is -0.493 e. The van der Waals surface area contributed by atoms with Crippen LogP contribution in [-0.4, -0.2) is 63.8 Å². The van der Waals surface area contributed by atoms with Gasteiger partial charge in [0.25, 0.3) is 15.6 Å². The third-order valence-corrected chi connectivity index (χ3v) is 10.4. The Morgan fingerprint density at radius 2 is 1.64 bits per heavy atom. The molecule has 0 atom stereocenters. The predicted octanol–water partition coefficient (Wildman–Crippen LogP) is 5.04. The minimum absolute atomic E-state index is 0.00140. The number of nitrogens with one attached hydrogen (secondary N) is 1. The van der Waals surface area contributed by atoms with Gasteiger partial charge in [-0.2, -0.15) is 0 Å². The zero-order valence-corrected chi connectivity index (χ0v) is 28.9. The number of fused-ring (bicyclic) bond motifs is 1. The number of hydrogen-bond donors (Lipinski definition) is 1. The molecule has 0 bridgehead atoms. The monoisotopic (exact) mass is 676 g/mol. The van der Waals surface area contributed by atoms with Crippen molar-refractivity contribution in [3.8, 4) is 16.9 Å². The van der Waals surface area contributed by atoms with Crippen molar-refractivity contribution >= 4 is 36.5 Å². The molecule has 47 heavy (non-hydrogen) atoms. The van der Waals surface area contributed by atoms with Crippen LogP contribution in [0.5, 0.6) is 5.75 Å².